The predicted molar refractivity (Wildman–Crippen MR) is 83.4 cm³/mol. The zero-order chi connectivity index (χ0) is 15.2. The Kier molecular flexibility index (Phi) is 5.62. The fraction of sp³-hybridized carbons (Fsp3) is 0.500. The van der Waals surface area contributed by atoms with E-state index in [1.807, 2.05) is 13.0 Å². The van der Waals surface area contributed by atoms with E-state index in [9.17, 15) is 9.59 Å². The van der Waals surface area contributed by atoms with Crippen molar-refractivity contribution in [1.29, 1.82) is 0 Å². The van der Waals surface area contributed by atoms with Gasteiger partial charge in [0.1, 0.15) is 0 Å². The van der Waals surface area contributed by atoms with Gasteiger partial charge in [-0.05, 0) is 49.3 Å². The summed E-state index contributed by atoms with van der Waals surface area (Å²) in [5, 5.41) is 5.17. The highest BCUT2D eigenvalue weighted by molar-refractivity contribution is 6.35. The molecule has 21 heavy (non-hydrogen) atoms. The third kappa shape index (κ3) is 4.21. The van der Waals surface area contributed by atoms with Gasteiger partial charge in [0.05, 0.1) is 6.04 Å². The van der Waals surface area contributed by atoms with Gasteiger partial charge in [0, 0.05) is 12.4 Å². The van der Waals surface area contributed by atoms with Crippen molar-refractivity contribution >= 4 is 23.4 Å². The van der Waals surface area contributed by atoms with Gasteiger partial charge in [-0.3, -0.25) is 9.59 Å². The van der Waals surface area contributed by atoms with Crippen LogP contribution in [0.4, 0.5) is 0 Å². The normalized spacial score (nSPS) is 15.0. The lowest BCUT2D eigenvalue weighted by molar-refractivity contribution is -0.139. The van der Waals surface area contributed by atoms with Crippen molar-refractivity contribution in [3.05, 3.63) is 34.9 Å². The lowest BCUT2D eigenvalue weighted by Crippen LogP contribution is -2.41. The molecule has 1 aliphatic rings. The van der Waals surface area contributed by atoms with Gasteiger partial charge >= 0.3 is 11.8 Å². The van der Waals surface area contributed by atoms with E-state index < -0.39 is 11.8 Å². The van der Waals surface area contributed by atoms with Crippen molar-refractivity contribution in [1.82, 2.24) is 10.6 Å². The molecular formula is C16H21ClN2O2. The Morgan fingerprint density at radius 3 is 2.62 bits per heavy atom. The molecule has 0 saturated carbocycles. The third-order valence-electron chi connectivity index (χ3n) is 3.81. The molecule has 0 spiro atoms. The van der Waals surface area contributed by atoms with Gasteiger partial charge in [0.25, 0.3) is 0 Å². The minimum atomic E-state index is -0.638. The van der Waals surface area contributed by atoms with Crippen molar-refractivity contribution < 1.29 is 9.59 Å². The smallest absolute Gasteiger partial charge is 0.309 e. The zero-order valence-corrected chi connectivity index (χ0v) is 13.0. The van der Waals surface area contributed by atoms with Crippen molar-refractivity contribution in [2.24, 2.45) is 0 Å². The van der Waals surface area contributed by atoms with Crippen LogP contribution in [0, 0.1) is 0 Å². The zero-order valence-electron chi connectivity index (χ0n) is 12.2. The highest BCUT2D eigenvalue weighted by Crippen LogP contribution is 2.24. The van der Waals surface area contributed by atoms with E-state index in [2.05, 4.69) is 22.8 Å². The molecule has 5 heteroatoms. The van der Waals surface area contributed by atoms with E-state index in [0.29, 0.717) is 12.4 Å². The molecule has 0 bridgehead atoms. The SMILES string of the molecule is CC(NC(=O)C(=O)NCCCl)c1ccc2c(c1)CCCC2. The number of carbonyl (C=O) groups is 2. The topological polar surface area (TPSA) is 58.2 Å². The van der Waals surface area contributed by atoms with Crippen LogP contribution in [-0.2, 0) is 22.4 Å². The van der Waals surface area contributed by atoms with Crippen LogP contribution in [-0.4, -0.2) is 24.2 Å². The fourth-order valence-electron chi connectivity index (χ4n) is 2.61. The molecule has 114 valence electrons. The first kappa shape index (κ1) is 15.8. The number of halogens is 1. The summed E-state index contributed by atoms with van der Waals surface area (Å²) in [6, 6.07) is 6.13. The highest BCUT2D eigenvalue weighted by atomic mass is 35.5. The summed E-state index contributed by atoms with van der Waals surface area (Å²) in [5.41, 5.74) is 3.81. The number of fused-ring (bicyclic) bond motifs is 1. The number of rotatable bonds is 4. The summed E-state index contributed by atoms with van der Waals surface area (Å²) in [7, 11) is 0. The van der Waals surface area contributed by atoms with Crippen LogP contribution in [0.15, 0.2) is 18.2 Å². The average Bonchev–Trinajstić information content (AvgIpc) is 2.51. The van der Waals surface area contributed by atoms with Crippen LogP contribution < -0.4 is 10.6 Å². The van der Waals surface area contributed by atoms with Gasteiger partial charge in [-0.15, -0.1) is 11.6 Å². The number of hydrogen-bond donors (Lipinski definition) is 2. The molecule has 4 nitrogen and oxygen atoms in total. The maximum Gasteiger partial charge on any atom is 0.309 e. The monoisotopic (exact) mass is 308 g/mol. The Morgan fingerprint density at radius 1 is 1.19 bits per heavy atom. The first-order valence-electron chi connectivity index (χ1n) is 7.38. The maximum absolute atomic E-state index is 11.8. The van der Waals surface area contributed by atoms with Crippen LogP contribution in [0.25, 0.3) is 0 Å². The predicted octanol–water partition coefficient (Wildman–Crippen LogP) is 2.10. The Morgan fingerprint density at radius 2 is 1.90 bits per heavy atom. The van der Waals surface area contributed by atoms with Gasteiger partial charge in [-0.1, -0.05) is 18.2 Å². The largest absolute Gasteiger partial charge is 0.347 e. The number of nitrogens with one attached hydrogen (secondary N) is 2. The number of hydrogen-bond acceptors (Lipinski definition) is 2. The van der Waals surface area contributed by atoms with E-state index >= 15 is 0 Å². The van der Waals surface area contributed by atoms with E-state index in [4.69, 9.17) is 11.6 Å². The molecule has 0 radical (unpaired) electrons. The van der Waals surface area contributed by atoms with Gasteiger partial charge in [-0.2, -0.15) is 0 Å². The third-order valence-corrected chi connectivity index (χ3v) is 4.00. The highest BCUT2D eigenvalue weighted by Gasteiger charge is 2.18. The second-order valence-corrected chi connectivity index (χ2v) is 5.75. The van der Waals surface area contributed by atoms with Crippen molar-refractivity contribution in [3.8, 4) is 0 Å². The molecule has 2 rings (SSSR count). The van der Waals surface area contributed by atoms with Crippen molar-refractivity contribution in [2.75, 3.05) is 12.4 Å². The second kappa shape index (κ2) is 7.46. The van der Waals surface area contributed by atoms with E-state index in [0.717, 1.165) is 18.4 Å². The van der Waals surface area contributed by atoms with Crippen LogP contribution >= 0.6 is 11.6 Å². The Bertz CT molecular complexity index is 531. The van der Waals surface area contributed by atoms with E-state index in [1.54, 1.807) is 0 Å². The molecule has 1 aromatic rings. The second-order valence-electron chi connectivity index (χ2n) is 5.38. The lowest BCUT2D eigenvalue weighted by Gasteiger charge is -2.19. The van der Waals surface area contributed by atoms with Gasteiger partial charge in [-0.25, -0.2) is 0 Å². The molecule has 0 heterocycles. The summed E-state index contributed by atoms with van der Waals surface area (Å²) in [6.45, 7) is 2.18. The number of benzene rings is 1. The average molecular weight is 309 g/mol. The molecule has 1 unspecified atom stereocenters. The van der Waals surface area contributed by atoms with Crippen LogP contribution in [0.3, 0.4) is 0 Å². The van der Waals surface area contributed by atoms with Gasteiger partial charge < -0.3 is 10.6 Å². The minimum absolute atomic E-state index is 0.188. The molecule has 1 aliphatic carbocycles. The van der Waals surface area contributed by atoms with Crippen LogP contribution in [0.1, 0.15) is 42.5 Å². The summed E-state index contributed by atoms with van der Waals surface area (Å²) >= 11 is 5.47. The maximum atomic E-state index is 11.8. The van der Waals surface area contributed by atoms with Crippen molar-refractivity contribution in [3.63, 3.8) is 0 Å². The molecule has 0 saturated heterocycles. The summed E-state index contributed by atoms with van der Waals surface area (Å²) in [4.78, 5) is 23.3. The Labute approximate surface area is 130 Å². The van der Waals surface area contributed by atoms with Gasteiger partial charge in [0.15, 0.2) is 0 Å². The molecule has 2 amide bonds. The Hall–Kier alpha value is -1.55. The fourth-order valence-corrected chi connectivity index (χ4v) is 2.70. The summed E-state index contributed by atoms with van der Waals surface area (Å²) < 4.78 is 0. The quantitative estimate of drug-likeness (QED) is 0.661. The van der Waals surface area contributed by atoms with Gasteiger partial charge in [0.2, 0.25) is 0 Å². The molecular weight excluding hydrogens is 288 g/mol. The van der Waals surface area contributed by atoms with Crippen LogP contribution in [0.5, 0.6) is 0 Å². The first-order valence-corrected chi connectivity index (χ1v) is 7.91. The van der Waals surface area contributed by atoms with Crippen molar-refractivity contribution in [2.45, 2.75) is 38.6 Å². The number of amides is 2. The first-order chi connectivity index (χ1) is 10.1. The standard InChI is InChI=1S/C16H21ClN2O2/c1-11(19-16(21)15(20)18-9-8-17)13-7-6-12-4-2-3-5-14(12)10-13/h6-7,10-11H,2-5,8-9H2,1H3,(H,18,20)(H,19,21). The summed E-state index contributed by atoms with van der Waals surface area (Å²) in [6.07, 6.45) is 4.70. The van der Waals surface area contributed by atoms with E-state index in [-0.39, 0.29) is 6.04 Å². The molecule has 1 aromatic carbocycles. The molecule has 0 aliphatic heterocycles. The Balaban J connectivity index is 1.98. The number of aryl methyl sites for hydroxylation is 2. The molecule has 1 atom stereocenters. The number of carbonyl (C=O) groups excluding carboxylic acids is 2. The lowest BCUT2D eigenvalue weighted by atomic mass is 9.89. The van der Waals surface area contributed by atoms with E-state index in [1.165, 1.54) is 24.0 Å². The number of alkyl halides is 1. The molecule has 0 aromatic heterocycles. The minimum Gasteiger partial charge on any atom is -0.347 e. The van der Waals surface area contributed by atoms with Crippen LogP contribution in [0.2, 0.25) is 0 Å². The summed E-state index contributed by atoms with van der Waals surface area (Å²) in [5.74, 6) is -0.967. The molecule has 2 N–H and O–H groups in total. The molecule has 0 fully saturated rings.